The molecule has 40 heavy (non-hydrogen) atoms. The number of aryl methyl sites for hydroxylation is 1. The zero-order valence-corrected chi connectivity index (χ0v) is 25.1. The minimum absolute atomic E-state index is 0.118. The molecule has 0 aromatic carbocycles. The standard InChI is InChI=1S/C30H47N3O7/c1-9-11-12-15-33-17-20(31-32-33)18-38-22-13-14-26(4,5)24-23(36)25(39-19(3)34)29(8)30(37,28(22,24)7)21(35)16-27(6,10-2)40-29/h10,17,22-25,36-37H,2,9,11-16,18H2,1,3-8H3/t22-,23-,24-,25-,27-,28-,29+,30-/m0/s1. The van der Waals surface area contributed by atoms with Gasteiger partial charge in [0.05, 0.1) is 30.6 Å². The second-order valence-electron chi connectivity index (χ2n) is 13.3. The first-order valence-corrected chi connectivity index (χ1v) is 14.5. The molecule has 3 fully saturated rings. The number of aromatic nitrogens is 3. The molecule has 2 N–H and O–H groups in total. The number of ketones is 1. The van der Waals surface area contributed by atoms with Gasteiger partial charge in [0.15, 0.2) is 17.5 Å². The van der Waals surface area contributed by atoms with Crippen molar-refractivity contribution < 1.29 is 34.0 Å². The smallest absolute Gasteiger partial charge is 0.303 e. The van der Waals surface area contributed by atoms with Gasteiger partial charge >= 0.3 is 5.97 Å². The Morgan fingerprint density at radius 3 is 2.60 bits per heavy atom. The van der Waals surface area contributed by atoms with Crippen molar-refractivity contribution in [1.29, 1.82) is 0 Å². The molecule has 0 amide bonds. The summed E-state index contributed by atoms with van der Waals surface area (Å²) in [7, 11) is 0. The predicted molar refractivity (Wildman–Crippen MR) is 147 cm³/mol. The number of aliphatic hydroxyl groups excluding tert-OH is 1. The number of ether oxygens (including phenoxy) is 3. The monoisotopic (exact) mass is 561 g/mol. The molecule has 2 aliphatic carbocycles. The molecule has 0 unspecified atom stereocenters. The van der Waals surface area contributed by atoms with Crippen LogP contribution >= 0.6 is 0 Å². The summed E-state index contributed by atoms with van der Waals surface area (Å²) >= 11 is 0. The van der Waals surface area contributed by atoms with Crippen molar-refractivity contribution in [1.82, 2.24) is 15.0 Å². The van der Waals surface area contributed by atoms with Crippen molar-refractivity contribution >= 4 is 11.8 Å². The Labute approximate surface area is 237 Å². The summed E-state index contributed by atoms with van der Waals surface area (Å²) in [6, 6.07) is 0. The largest absolute Gasteiger partial charge is 0.457 e. The number of esters is 1. The number of carbonyl (C=O) groups is 2. The van der Waals surface area contributed by atoms with Crippen LogP contribution in [0.25, 0.3) is 0 Å². The fraction of sp³-hybridized carbons (Fsp3) is 0.800. The van der Waals surface area contributed by atoms with Crippen LogP contribution in [-0.4, -0.2) is 72.1 Å². The van der Waals surface area contributed by atoms with E-state index in [1.807, 2.05) is 27.0 Å². The van der Waals surface area contributed by atoms with Gasteiger partial charge in [0.2, 0.25) is 0 Å². The van der Waals surface area contributed by atoms with Crippen LogP contribution < -0.4 is 0 Å². The van der Waals surface area contributed by atoms with E-state index in [0.29, 0.717) is 18.5 Å². The third kappa shape index (κ3) is 4.64. The summed E-state index contributed by atoms with van der Waals surface area (Å²) in [4.78, 5) is 26.5. The second-order valence-corrected chi connectivity index (χ2v) is 13.3. The first kappa shape index (κ1) is 30.8. The van der Waals surface area contributed by atoms with E-state index in [2.05, 4.69) is 23.8 Å². The Morgan fingerprint density at radius 1 is 1.27 bits per heavy atom. The van der Waals surface area contributed by atoms with Crippen LogP contribution in [0, 0.1) is 16.7 Å². The van der Waals surface area contributed by atoms with Gasteiger partial charge in [-0.15, -0.1) is 11.7 Å². The van der Waals surface area contributed by atoms with Crippen LogP contribution in [0.4, 0.5) is 0 Å². The number of hydrogen-bond acceptors (Lipinski definition) is 9. The van der Waals surface area contributed by atoms with Crippen LogP contribution in [0.5, 0.6) is 0 Å². The molecule has 3 aliphatic rings. The highest BCUT2D eigenvalue weighted by molar-refractivity contribution is 5.92. The summed E-state index contributed by atoms with van der Waals surface area (Å²) < 4.78 is 20.5. The van der Waals surface area contributed by atoms with Crippen molar-refractivity contribution in [2.45, 2.75) is 135 Å². The lowest BCUT2D eigenvalue weighted by Gasteiger charge is -2.71. The molecule has 0 radical (unpaired) electrons. The lowest BCUT2D eigenvalue weighted by molar-refractivity contribution is -0.373. The quantitative estimate of drug-likeness (QED) is 0.264. The maximum Gasteiger partial charge on any atom is 0.303 e. The van der Waals surface area contributed by atoms with Crippen molar-refractivity contribution in [3.63, 3.8) is 0 Å². The topological polar surface area (TPSA) is 133 Å². The molecule has 2 saturated carbocycles. The zero-order valence-electron chi connectivity index (χ0n) is 25.1. The summed E-state index contributed by atoms with van der Waals surface area (Å²) in [5, 5.41) is 33.3. The summed E-state index contributed by atoms with van der Waals surface area (Å²) in [6.07, 6.45) is 4.54. The maximum atomic E-state index is 14.2. The van der Waals surface area contributed by atoms with E-state index in [9.17, 15) is 19.8 Å². The first-order chi connectivity index (χ1) is 18.6. The Balaban J connectivity index is 1.77. The Kier molecular flexibility index (Phi) is 8.17. The normalized spacial score (nSPS) is 40.7. The zero-order chi connectivity index (χ0) is 29.7. The molecule has 8 atom stereocenters. The lowest BCUT2D eigenvalue weighted by Crippen LogP contribution is -2.86. The van der Waals surface area contributed by atoms with E-state index >= 15 is 0 Å². The molecular formula is C30H47N3O7. The summed E-state index contributed by atoms with van der Waals surface area (Å²) in [6.45, 7) is 17.2. The van der Waals surface area contributed by atoms with Gasteiger partial charge < -0.3 is 24.4 Å². The van der Waals surface area contributed by atoms with Gasteiger partial charge in [-0.2, -0.15) is 0 Å². The summed E-state index contributed by atoms with van der Waals surface area (Å²) in [5.74, 6) is -1.75. The molecule has 1 saturated heterocycles. The Bertz CT molecular complexity index is 1140. The van der Waals surface area contributed by atoms with E-state index in [1.54, 1.807) is 18.5 Å². The summed E-state index contributed by atoms with van der Waals surface area (Å²) in [5.41, 5.74) is -6.22. The molecule has 0 spiro atoms. The molecule has 1 aliphatic heterocycles. The van der Waals surface area contributed by atoms with Crippen LogP contribution in [0.1, 0.15) is 92.7 Å². The number of unbranched alkanes of at least 4 members (excludes halogenated alkanes) is 2. The lowest BCUT2D eigenvalue weighted by atomic mass is 9.39. The van der Waals surface area contributed by atoms with Crippen molar-refractivity contribution in [2.24, 2.45) is 16.7 Å². The van der Waals surface area contributed by atoms with Crippen molar-refractivity contribution in [2.75, 3.05) is 0 Å². The average Bonchev–Trinajstić information content (AvgIpc) is 3.31. The van der Waals surface area contributed by atoms with Crippen molar-refractivity contribution in [3.8, 4) is 0 Å². The highest BCUT2D eigenvalue weighted by atomic mass is 16.6. The molecule has 1 aromatic rings. The SMILES string of the molecule is C=C[C@@]1(C)CC(=O)[C@]2(O)[C@@]3(C)[C@@H](OCc4cn(CCCCC)nn4)CCC(C)(C)[C@@H]3[C@H](O)[C@H](OC(C)=O)[C@@]2(C)O1. The number of carbonyl (C=O) groups excluding carboxylic acids is 2. The minimum Gasteiger partial charge on any atom is -0.457 e. The molecule has 2 heterocycles. The van der Waals surface area contributed by atoms with Crippen LogP contribution in [0.2, 0.25) is 0 Å². The van der Waals surface area contributed by atoms with E-state index in [-0.39, 0.29) is 13.0 Å². The number of nitrogens with zero attached hydrogens (tertiary/aromatic N) is 3. The van der Waals surface area contributed by atoms with Gasteiger partial charge in [-0.3, -0.25) is 14.3 Å². The van der Waals surface area contributed by atoms with Gasteiger partial charge in [0.25, 0.3) is 0 Å². The number of aliphatic hydroxyl groups is 2. The van der Waals surface area contributed by atoms with Gasteiger partial charge in [0.1, 0.15) is 11.3 Å². The van der Waals surface area contributed by atoms with Crippen LogP contribution in [0.15, 0.2) is 18.9 Å². The molecular weight excluding hydrogens is 514 g/mol. The molecule has 1 aromatic heterocycles. The van der Waals surface area contributed by atoms with Gasteiger partial charge in [-0.1, -0.05) is 51.8 Å². The van der Waals surface area contributed by atoms with E-state index in [1.165, 1.54) is 13.0 Å². The fourth-order valence-corrected chi connectivity index (χ4v) is 8.12. The van der Waals surface area contributed by atoms with Gasteiger partial charge in [0, 0.05) is 31.2 Å². The third-order valence-electron chi connectivity index (χ3n) is 9.99. The van der Waals surface area contributed by atoms with Crippen LogP contribution in [-0.2, 0) is 37.0 Å². The average molecular weight is 562 g/mol. The fourth-order valence-electron chi connectivity index (χ4n) is 8.12. The highest BCUT2D eigenvalue weighted by Crippen LogP contribution is 2.67. The molecule has 4 rings (SSSR count). The minimum atomic E-state index is -2.15. The van der Waals surface area contributed by atoms with Crippen molar-refractivity contribution in [3.05, 3.63) is 24.5 Å². The molecule has 10 heteroatoms. The van der Waals surface area contributed by atoms with Crippen LogP contribution in [0.3, 0.4) is 0 Å². The highest BCUT2D eigenvalue weighted by Gasteiger charge is 2.81. The number of fused-ring (bicyclic) bond motifs is 3. The Hall–Kier alpha value is -2.14. The molecule has 0 bridgehead atoms. The Morgan fingerprint density at radius 2 is 1.98 bits per heavy atom. The van der Waals surface area contributed by atoms with E-state index < -0.39 is 63.6 Å². The number of rotatable bonds is 9. The predicted octanol–water partition coefficient (Wildman–Crippen LogP) is 3.53. The number of hydrogen-bond donors (Lipinski definition) is 2. The first-order valence-electron chi connectivity index (χ1n) is 14.5. The van der Waals surface area contributed by atoms with Gasteiger partial charge in [-0.05, 0) is 38.5 Å². The molecule has 224 valence electrons. The van der Waals surface area contributed by atoms with E-state index in [4.69, 9.17) is 14.2 Å². The second kappa shape index (κ2) is 10.6. The van der Waals surface area contributed by atoms with E-state index in [0.717, 1.165) is 25.8 Å². The maximum absolute atomic E-state index is 14.2. The third-order valence-corrected chi connectivity index (χ3v) is 9.99. The van der Waals surface area contributed by atoms with Gasteiger partial charge in [-0.25, -0.2) is 0 Å². The number of Topliss-reactive ketones (excluding diaryl/α,β-unsaturated/α-hetero) is 1. The molecule has 10 nitrogen and oxygen atoms in total.